The number of amides is 1. The van der Waals surface area contributed by atoms with Gasteiger partial charge in [-0.25, -0.2) is 4.79 Å². The number of carbonyl (C=O) groups is 2. The van der Waals surface area contributed by atoms with Crippen LogP contribution in [-0.4, -0.2) is 71.8 Å². The molecule has 1 atom stereocenters. The normalized spacial score (nSPS) is 24.3. The number of piperidine rings is 1. The van der Waals surface area contributed by atoms with Crippen LogP contribution in [0.1, 0.15) is 19.3 Å². The van der Waals surface area contributed by atoms with Crippen molar-refractivity contribution in [3.05, 3.63) is 0 Å². The largest absolute Gasteiger partial charge is 0.477 e. The highest BCUT2D eigenvalue weighted by molar-refractivity contribution is 6.36. The van der Waals surface area contributed by atoms with Crippen molar-refractivity contribution in [2.24, 2.45) is 5.16 Å². The Morgan fingerprint density at radius 2 is 2.00 bits per heavy atom. The molecule has 2 rings (SSSR count). The van der Waals surface area contributed by atoms with Crippen molar-refractivity contribution in [3.8, 4) is 0 Å². The molecule has 1 N–H and O–H groups in total. The number of aliphatic carboxylic acids is 1. The molecule has 0 saturated carbocycles. The van der Waals surface area contributed by atoms with E-state index in [9.17, 15) is 9.59 Å². The van der Waals surface area contributed by atoms with Gasteiger partial charge in [-0.3, -0.25) is 4.79 Å². The Bertz CT molecular complexity index is 400. The number of hydrogen-bond acceptors (Lipinski definition) is 5. The molecule has 1 saturated heterocycles. The summed E-state index contributed by atoms with van der Waals surface area (Å²) in [4.78, 5) is 31.7. The summed E-state index contributed by atoms with van der Waals surface area (Å²) in [6, 6.07) is 0.499. The number of hydrogen-bond donors (Lipinski definition) is 1. The van der Waals surface area contributed by atoms with Gasteiger partial charge in [0.25, 0.3) is 5.91 Å². The molecule has 1 fully saturated rings. The molecule has 0 aromatic heterocycles. The molecule has 106 valence electrons. The van der Waals surface area contributed by atoms with Crippen LogP contribution >= 0.6 is 0 Å². The highest BCUT2D eigenvalue weighted by Gasteiger charge is 2.35. The SMILES string of the molecule is CN(C)C1CCN(C(=O)C2CC(C(=O)O)=NO2)CC1. The van der Waals surface area contributed by atoms with Gasteiger partial charge in [0, 0.05) is 25.6 Å². The minimum absolute atomic E-state index is 0.0573. The van der Waals surface area contributed by atoms with Crippen molar-refractivity contribution < 1.29 is 19.5 Å². The summed E-state index contributed by atoms with van der Waals surface area (Å²) in [6.07, 6.45) is 1.15. The maximum Gasteiger partial charge on any atom is 0.353 e. The van der Waals surface area contributed by atoms with E-state index in [1.54, 1.807) is 4.90 Å². The Balaban J connectivity index is 1.84. The summed E-state index contributed by atoms with van der Waals surface area (Å²) in [5.41, 5.74) is -0.0819. The van der Waals surface area contributed by atoms with Gasteiger partial charge in [-0.2, -0.15) is 0 Å². The van der Waals surface area contributed by atoms with Crippen LogP contribution in [0, 0.1) is 0 Å². The number of nitrogens with zero attached hydrogens (tertiary/aromatic N) is 3. The number of rotatable bonds is 3. The molecule has 1 unspecified atom stereocenters. The highest BCUT2D eigenvalue weighted by atomic mass is 16.6. The summed E-state index contributed by atoms with van der Waals surface area (Å²) in [6.45, 7) is 1.37. The van der Waals surface area contributed by atoms with E-state index in [0.29, 0.717) is 19.1 Å². The predicted octanol–water partition coefficient (Wildman–Crippen LogP) is -0.231. The van der Waals surface area contributed by atoms with Gasteiger partial charge in [0.1, 0.15) is 0 Å². The molecular weight excluding hydrogens is 250 g/mol. The minimum atomic E-state index is -1.12. The van der Waals surface area contributed by atoms with Crippen LogP contribution in [0.15, 0.2) is 5.16 Å². The number of carboxylic acid groups (broad SMARTS) is 1. The van der Waals surface area contributed by atoms with Crippen LogP contribution < -0.4 is 0 Å². The van der Waals surface area contributed by atoms with Gasteiger partial charge < -0.3 is 19.7 Å². The third kappa shape index (κ3) is 3.04. The molecule has 2 heterocycles. The Morgan fingerprint density at radius 3 is 2.47 bits per heavy atom. The second-order valence-corrected chi connectivity index (χ2v) is 5.16. The first-order valence-corrected chi connectivity index (χ1v) is 6.40. The molecule has 2 aliphatic heterocycles. The van der Waals surface area contributed by atoms with E-state index in [1.165, 1.54) is 0 Å². The van der Waals surface area contributed by atoms with E-state index in [4.69, 9.17) is 9.94 Å². The van der Waals surface area contributed by atoms with E-state index in [2.05, 4.69) is 10.1 Å². The topological polar surface area (TPSA) is 82.4 Å². The molecule has 7 nitrogen and oxygen atoms in total. The minimum Gasteiger partial charge on any atom is -0.477 e. The van der Waals surface area contributed by atoms with Crippen LogP contribution in [0.2, 0.25) is 0 Å². The van der Waals surface area contributed by atoms with Crippen LogP contribution in [0.3, 0.4) is 0 Å². The summed E-state index contributed by atoms with van der Waals surface area (Å²) < 4.78 is 0. The van der Waals surface area contributed by atoms with Gasteiger partial charge in [-0.05, 0) is 26.9 Å². The molecule has 0 aromatic rings. The fourth-order valence-corrected chi connectivity index (χ4v) is 2.44. The standard InChI is InChI=1S/C12H19N3O4/c1-14(2)8-3-5-15(6-4-8)11(16)10-7-9(12(17)18)13-19-10/h8,10H,3-7H2,1-2H3,(H,17,18). The molecule has 0 radical (unpaired) electrons. The Labute approximate surface area is 111 Å². The first kappa shape index (κ1) is 13.8. The second-order valence-electron chi connectivity index (χ2n) is 5.16. The summed E-state index contributed by atoms with van der Waals surface area (Å²) in [7, 11) is 4.07. The van der Waals surface area contributed by atoms with Gasteiger partial charge in [-0.15, -0.1) is 0 Å². The highest BCUT2D eigenvalue weighted by Crippen LogP contribution is 2.19. The predicted molar refractivity (Wildman–Crippen MR) is 67.8 cm³/mol. The van der Waals surface area contributed by atoms with Crippen molar-refractivity contribution in [1.29, 1.82) is 0 Å². The van der Waals surface area contributed by atoms with E-state index in [0.717, 1.165) is 12.8 Å². The van der Waals surface area contributed by atoms with Gasteiger partial charge in [0.15, 0.2) is 5.71 Å². The first-order chi connectivity index (χ1) is 8.99. The zero-order valence-electron chi connectivity index (χ0n) is 11.2. The molecule has 0 spiro atoms. The first-order valence-electron chi connectivity index (χ1n) is 6.40. The lowest BCUT2D eigenvalue weighted by Gasteiger charge is -2.35. The second kappa shape index (κ2) is 5.56. The molecule has 19 heavy (non-hydrogen) atoms. The number of likely N-dealkylation sites (tertiary alicyclic amines) is 1. The number of carbonyl (C=O) groups excluding carboxylic acids is 1. The van der Waals surface area contributed by atoms with Crippen molar-refractivity contribution >= 4 is 17.6 Å². The van der Waals surface area contributed by atoms with Crippen LogP contribution in [0.5, 0.6) is 0 Å². The quantitative estimate of drug-likeness (QED) is 0.765. The summed E-state index contributed by atoms with van der Waals surface area (Å²) >= 11 is 0. The van der Waals surface area contributed by atoms with E-state index in [-0.39, 0.29) is 18.0 Å². The molecular formula is C12H19N3O4. The summed E-state index contributed by atoms with van der Waals surface area (Å²) in [5, 5.41) is 12.2. The Morgan fingerprint density at radius 1 is 1.37 bits per heavy atom. The molecule has 2 aliphatic rings. The van der Waals surface area contributed by atoms with Crippen LogP contribution in [-0.2, 0) is 14.4 Å². The monoisotopic (exact) mass is 269 g/mol. The molecule has 1 amide bonds. The fraction of sp³-hybridized carbons (Fsp3) is 0.750. The van der Waals surface area contributed by atoms with Gasteiger partial charge in [-0.1, -0.05) is 5.16 Å². The molecule has 0 bridgehead atoms. The van der Waals surface area contributed by atoms with Gasteiger partial charge in [0.05, 0.1) is 0 Å². The van der Waals surface area contributed by atoms with Crippen molar-refractivity contribution in [1.82, 2.24) is 9.80 Å². The Hall–Kier alpha value is -1.63. The van der Waals surface area contributed by atoms with Crippen molar-refractivity contribution in [2.45, 2.75) is 31.4 Å². The van der Waals surface area contributed by atoms with E-state index in [1.807, 2.05) is 14.1 Å². The third-order valence-electron chi connectivity index (χ3n) is 3.70. The lowest BCUT2D eigenvalue weighted by Crippen LogP contribution is -2.47. The maximum absolute atomic E-state index is 12.2. The summed E-state index contributed by atoms with van der Waals surface area (Å²) in [5.74, 6) is -1.28. The molecule has 7 heteroatoms. The van der Waals surface area contributed by atoms with E-state index >= 15 is 0 Å². The zero-order valence-corrected chi connectivity index (χ0v) is 11.2. The zero-order chi connectivity index (χ0) is 14.0. The average molecular weight is 269 g/mol. The lowest BCUT2D eigenvalue weighted by atomic mass is 10.0. The van der Waals surface area contributed by atoms with Crippen LogP contribution in [0.25, 0.3) is 0 Å². The smallest absolute Gasteiger partial charge is 0.353 e. The molecule has 0 aliphatic carbocycles. The van der Waals surface area contributed by atoms with Gasteiger partial charge >= 0.3 is 5.97 Å². The van der Waals surface area contributed by atoms with Crippen LogP contribution in [0.4, 0.5) is 0 Å². The Kier molecular flexibility index (Phi) is 4.04. The van der Waals surface area contributed by atoms with Crippen molar-refractivity contribution in [3.63, 3.8) is 0 Å². The average Bonchev–Trinajstić information content (AvgIpc) is 2.87. The fourth-order valence-electron chi connectivity index (χ4n) is 2.44. The maximum atomic E-state index is 12.2. The van der Waals surface area contributed by atoms with Gasteiger partial charge in [0.2, 0.25) is 6.10 Å². The van der Waals surface area contributed by atoms with E-state index < -0.39 is 12.1 Å². The number of oxime groups is 1. The molecule has 0 aromatic carbocycles. The lowest BCUT2D eigenvalue weighted by molar-refractivity contribution is -0.143. The third-order valence-corrected chi connectivity index (χ3v) is 3.70. The van der Waals surface area contributed by atoms with Crippen molar-refractivity contribution in [2.75, 3.05) is 27.2 Å². The number of carboxylic acids is 1.